The maximum Gasteiger partial charge on any atom is 0.300 e. The SMILES string of the molecule is CC(=O)O.CSc1ccc2c(c1)C(c1ccccc1F)=NC(O)c1nccn1-2. The van der Waals surface area contributed by atoms with Crippen molar-refractivity contribution in [2.75, 3.05) is 6.26 Å². The Hall–Kier alpha value is -2.97. The number of aliphatic carboxylic acids is 1. The average molecular weight is 399 g/mol. The Bertz CT molecular complexity index is 1040. The lowest BCUT2D eigenvalue weighted by atomic mass is 10.00. The Labute approximate surface area is 165 Å². The molecule has 0 saturated heterocycles. The molecule has 2 N–H and O–H groups in total. The highest BCUT2D eigenvalue weighted by Gasteiger charge is 2.25. The van der Waals surface area contributed by atoms with E-state index in [9.17, 15) is 9.50 Å². The highest BCUT2D eigenvalue weighted by Crippen LogP contribution is 2.31. The molecule has 0 amide bonds. The highest BCUT2D eigenvalue weighted by atomic mass is 32.2. The number of aliphatic hydroxyl groups excluding tert-OH is 1. The largest absolute Gasteiger partial charge is 0.481 e. The number of thioether (sulfide) groups is 1. The number of aromatic nitrogens is 2. The molecule has 0 spiro atoms. The fourth-order valence-electron chi connectivity index (χ4n) is 2.87. The lowest BCUT2D eigenvalue weighted by Gasteiger charge is -2.13. The van der Waals surface area contributed by atoms with Gasteiger partial charge in [-0.3, -0.25) is 9.36 Å². The molecule has 28 heavy (non-hydrogen) atoms. The Balaban J connectivity index is 0.000000516. The molecule has 1 aliphatic rings. The molecule has 1 aromatic heterocycles. The summed E-state index contributed by atoms with van der Waals surface area (Å²) in [6.07, 6.45) is 4.22. The zero-order valence-electron chi connectivity index (χ0n) is 15.2. The van der Waals surface area contributed by atoms with Crippen LogP contribution in [-0.2, 0) is 4.79 Å². The molecular formula is C20H18FN3O3S. The van der Waals surface area contributed by atoms with Gasteiger partial charge in [0.25, 0.3) is 5.97 Å². The summed E-state index contributed by atoms with van der Waals surface area (Å²) in [5, 5.41) is 17.9. The molecule has 0 radical (unpaired) electrons. The smallest absolute Gasteiger partial charge is 0.300 e. The van der Waals surface area contributed by atoms with E-state index in [1.165, 1.54) is 6.07 Å². The van der Waals surface area contributed by atoms with Gasteiger partial charge in [-0.15, -0.1) is 11.8 Å². The van der Waals surface area contributed by atoms with Crippen molar-refractivity contribution >= 4 is 23.4 Å². The summed E-state index contributed by atoms with van der Waals surface area (Å²) in [6, 6.07) is 12.4. The minimum Gasteiger partial charge on any atom is -0.481 e. The van der Waals surface area contributed by atoms with Gasteiger partial charge < -0.3 is 10.2 Å². The van der Waals surface area contributed by atoms with E-state index in [0.29, 0.717) is 17.1 Å². The monoisotopic (exact) mass is 399 g/mol. The predicted octanol–water partition coefficient (Wildman–Crippen LogP) is 3.67. The highest BCUT2D eigenvalue weighted by molar-refractivity contribution is 7.98. The Kier molecular flexibility index (Phi) is 5.91. The number of rotatable bonds is 2. The summed E-state index contributed by atoms with van der Waals surface area (Å²) in [6.45, 7) is 1.08. The number of carboxylic acid groups (broad SMARTS) is 1. The number of hydrogen-bond donors (Lipinski definition) is 2. The zero-order valence-corrected chi connectivity index (χ0v) is 16.0. The molecule has 3 aromatic rings. The maximum atomic E-state index is 14.4. The lowest BCUT2D eigenvalue weighted by Crippen LogP contribution is -2.09. The van der Waals surface area contributed by atoms with Crippen LogP contribution in [0.5, 0.6) is 0 Å². The van der Waals surface area contributed by atoms with Crippen molar-refractivity contribution in [1.29, 1.82) is 0 Å². The van der Waals surface area contributed by atoms with E-state index in [-0.39, 0.29) is 5.82 Å². The Morgan fingerprint density at radius 2 is 1.93 bits per heavy atom. The summed E-state index contributed by atoms with van der Waals surface area (Å²) in [5.74, 6) is -0.789. The van der Waals surface area contributed by atoms with Crippen molar-refractivity contribution in [3.63, 3.8) is 0 Å². The van der Waals surface area contributed by atoms with E-state index in [0.717, 1.165) is 23.1 Å². The zero-order chi connectivity index (χ0) is 20.3. The van der Waals surface area contributed by atoms with Gasteiger partial charge in [-0.2, -0.15) is 0 Å². The summed E-state index contributed by atoms with van der Waals surface area (Å²) in [4.78, 5) is 18.6. The van der Waals surface area contributed by atoms with Crippen LogP contribution in [0.3, 0.4) is 0 Å². The van der Waals surface area contributed by atoms with Crippen LogP contribution >= 0.6 is 11.8 Å². The van der Waals surface area contributed by atoms with Gasteiger partial charge in [0.2, 0.25) is 6.23 Å². The Morgan fingerprint density at radius 3 is 2.61 bits per heavy atom. The summed E-state index contributed by atoms with van der Waals surface area (Å²) >= 11 is 1.60. The van der Waals surface area contributed by atoms with Crippen LogP contribution in [-0.4, -0.2) is 37.7 Å². The van der Waals surface area contributed by atoms with Gasteiger partial charge in [0, 0.05) is 35.3 Å². The third-order valence-corrected chi connectivity index (χ3v) is 4.72. The first-order valence-corrected chi connectivity index (χ1v) is 9.57. The van der Waals surface area contributed by atoms with Gasteiger partial charge in [0.15, 0.2) is 5.82 Å². The van der Waals surface area contributed by atoms with Crippen LogP contribution in [0.25, 0.3) is 5.69 Å². The van der Waals surface area contributed by atoms with Crippen molar-refractivity contribution in [3.05, 3.63) is 77.6 Å². The number of hydrogen-bond acceptors (Lipinski definition) is 5. The van der Waals surface area contributed by atoms with E-state index in [4.69, 9.17) is 9.90 Å². The van der Waals surface area contributed by atoms with Gasteiger partial charge in [-0.25, -0.2) is 14.4 Å². The second-order valence-electron chi connectivity index (χ2n) is 5.89. The fraction of sp³-hybridized carbons (Fsp3) is 0.150. The molecule has 0 saturated carbocycles. The van der Waals surface area contributed by atoms with Crippen molar-refractivity contribution < 1.29 is 19.4 Å². The predicted molar refractivity (Wildman–Crippen MR) is 106 cm³/mol. The number of fused-ring (bicyclic) bond motifs is 3. The summed E-state index contributed by atoms with van der Waals surface area (Å²) in [7, 11) is 0. The molecular weight excluding hydrogens is 381 g/mol. The maximum absolute atomic E-state index is 14.4. The van der Waals surface area contributed by atoms with E-state index in [2.05, 4.69) is 9.98 Å². The quantitative estimate of drug-likeness (QED) is 0.642. The Morgan fingerprint density at radius 1 is 1.21 bits per heavy atom. The van der Waals surface area contributed by atoms with E-state index in [1.54, 1.807) is 46.9 Å². The van der Waals surface area contributed by atoms with Crippen LogP contribution in [0.1, 0.15) is 30.1 Å². The molecule has 1 unspecified atom stereocenters. The molecule has 144 valence electrons. The molecule has 1 aliphatic heterocycles. The first-order chi connectivity index (χ1) is 13.4. The van der Waals surface area contributed by atoms with E-state index >= 15 is 0 Å². The molecule has 2 heterocycles. The topological polar surface area (TPSA) is 87.7 Å². The van der Waals surface area contributed by atoms with E-state index in [1.807, 2.05) is 24.5 Å². The van der Waals surface area contributed by atoms with Crippen LogP contribution < -0.4 is 0 Å². The van der Waals surface area contributed by atoms with Crippen molar-refractivity contribution in [3.8, 4) is 5.69 Å². The van der Waals surface area contributed by atoms with Crippen molar-refractivity contribution in [1.82, 2.24) is 9.55 Å². The minimum atomic E-state index is -1.15. The third-order valence-electron chi connectivity index (χ3n) is 4.00. The lowest BCUT2D eigenvalue weighted by molar-refractivity contribution is -0.134. The molecule has 0 bridgehead atoms. The third kappa shape index (κ3) is 3.97. The molecule has 8 heteroatoms. The van der Waals surface area contributed by atoms with Gasteiger partial charge in [0.05, 0.1) is 11.4 Å². The number of nitrogens with zero attached hydrogens (tertiary/aromatic N) is 3. The fourth-order valence-corrected chi connectivity index (χ4v) is 3.31. The van der Waals surface area contributed by atoms with Gasteiger partial charge >= 0.3 is 0 Å². The second-order valence-corrected chi connectivity index (χ2v) is 6.77. The number of halogens is 1. The van der Waals surface area contributed by atoms with Crippen LogP contribution in [0, 0.1) is 5.82 Å². The number of imidazole rings is 1. The van der Waals surface area contributed by atoms with E-state index < -0.39 is 12.2 Å². The second kappa shape index (κ2) is 8.37. The van der Waals surface area contributed by atoms with Crippen molar-refractivity contribution in [2.24, 2.45) is 4.99 Å². The summed E-state index contributed by atoms with van der Waals surface area (Å²) in [5.41, 5.74) is 2.38. The number of carbonyl (C=O) groups is 1. The molecule has 0 fully saturated rings. The van der Waals surface area contributed by atoms with Gasteiger partial charge in [-0.1, -0.05) is 12.1 Å². The minimum absolute atomic E-state index is 0.363. The van der Waals surface area contributed by atoms with Crippen LogP contribution in [0.2, 0.25) is 0 Å². The van der Waals surface area contributed by atoms with Crippen LogP contribution in [0.4, 0.5) is 4.39 Å². The number of aliphatic imine (C=N–C) groups is 1. The first-order valence-electron chi connectivity index (χ1n) is 8.34. The first kappa shape index (κ1) is 19.8. The van der Waals surface area contributed by atoms with Crippen LogP contribution in [0.15, 0.2) is 64.7 Å². The number of benzene rings is 2. The van der Waals surface area contributed by atoms with Crippen molar-refractivity contribution in [2.45, 2.75) is 18.0 Å². The number of carboxylic acids is 1. The molecule has 0 aliphatic carbocycles. The molecule has 1 atom stereocenters. The van der Waals surface area contributed by atoms with Gasteiger partial charge in [-0.05, 0) is 36.6 Å². The standard InChI is InChI=1S/C18H14FN3OS.C2H4O2/c1-24-11-6-7-15-13(10-11)16(12-4-2-3-5-14(12)19)21-18(23)17-20-8-9-22(15)17;1-2(3)4/h2-10,18,23H,1H3;1H3,(H,3,4). The number of aliphatic hydroxyl groups is 1. The average Bonchev–Trinajstić information content (AvgIpc) is 3.12. The summed E-state index contributed by atoms with van der Waals surface area (Å²) < 4.78 is 16.2. The molecule has 6 nitrogen and oxygen atoms in total. The van der Waals surface area contributed by atoms with Gasteiger partial charge in [0.1, 0.15) is 5.82 Å². The molecule has 2 aromatic carbocycles. The molecule has 4 rings (SSSR count). The normalized spacial score (nSPS) is 14.7.